The highest BCUT2D eigenvalue weighted by atomic mass is 19.1. The van der Waals surface area contributed by atoms with E-state index in [0.29, 0.717) is 5.56 Å². The zero-order valence-electron chi connectivity index (χ0n) is 17.2. The van der Waals surface area contributed by atoms with Gasteiger partial charge < -0.3 is 9.94 Å². The molecule has 146 valence electrons. The van der Waals surface area contributed by atoms with E-state index >= 15 is 0 Å². The van der Waals surface area contributed by atoms with Crippen molar-refractivity contribution in [1.82, 2.24) is 5.48 Å². The van der Waals surface area contributed by atoms with E-state index in [1.54, 1.807) is 0 Å². The Labute approximate surface area is 161 Å². The Morgan fingerprint density at radius 1 is 1.00 bits per heavy atom. The van der Waals surface area contributed by atoms with E-state index in [-0.39, 0.29) is 23.1 Å². The van der Waals surface area contributed by atoms with Crippen molar-refractivity contribution in [3.05, 3.63) is 52.3 Å². The summed E-state index contributed by atoms with van der Waals surface area (Å²) < 4.78 is 20.0. The van der Waals surface area contributed by atoms with Crippen LogP contribution in [0.1, 0.15) is 62.8 Å². The van der Waals surface area contributed by atoms with Crippen LogP contribution in [0.2, 0.25) is 0 Å². The van der Waals surface area contributed by atoms with Gasteiger partial charge in [0.2, 0.25) is 0 Å². The van der Waals surface area contributed by atoms with E-state index < -0.39 is 5.82 Å². The molecule has 27 heavy (non-hydrogen) atoms. The molecule has 1 aliphatic carbocycles. The normalized spacial score (nSPS) is 17.5. The number of hydrogen-bond donors (Lipinski definition) is 2. The molecule has 3 rings (SSSR count). The molecule has 2 aromatic rings. The van der Waals surface area contributed by atoms with Gasteiger partial charge in [-0.2, -0.15) is 0 Å². The first kappa shape index (κ1) is 19.8. The molecule has 0 spiro atoms. The van der Waals surface area contributed by atoms with Crippen molar-refractivity contribution >= 4 is 0 Å². The van der Waals surface area contributed by atoms with Crippen LogP contribution < -0.4 is 10.2 Å². The summed E-state index contributed by atoms with van der Waals surface area (Å²) in [5.74, 6) is -0.176. The molecule has 0 radical (unpaired) electrons. The molecule has 0 bridgehead atoms. The molecule has 0 fully saturated rings. The van der Waals surface area contributed by atoms with Gasteiger partial charge in [0.15, 0.2) is 11.6 Å². The molecule has 0 atom stereocenters. The smallest absolute Gasteiger partial charge is 0.166 e. The topological polar surface area (TPSA) is 41.5 Å². The minimum Gasteiger partial charge on any atom is -0.493 e. The Morgan fingerprint density at radius 3 is 2.15 bits per heavy atom. The third-order valence-corrected chi connectivity index (χ3v) is 6.08. The summed E-state index contributed by atoms with van der Waals surface area (Å²) in [5.41, 5.74) is 8.50. The van der Waals surface area contributed by atoms with Gasteiger partial charge >= 0.3 is 0 Å². The summed E-state index contributed by atoms with van der Waals surface area (Å²) in [6.07, 6.45) is 2.27. The second-order valence-corrected chi connectivity index (χ2v) is 8.97. The Bertz CT molecular complexity index is 871. The van der Waals surface area contributed by atoms with E-state index in [9.17, 15) is 4.39 Å². The van der Waals surface area contributed by atoms with Crippen LogP contribution >= 0.6 is 0 Å². The van der Waals surface area contributed by atoms with Crippen LogP contribution in [-0.2, 0) is 17.4 Å². The van der Waals surface area contributed by atoms with Crippen LogP contribution in [0.25, 0.3) is 11.1 Å². The number of aryl methyl sites for hydroxylation is 1. The van der Waals surface area contributed by atoms with Gasteiger partial charge in [0, 0.05) is 12.1 Å². The second kappa shape index (κ2) is 6.92. The summed E-state index contributed by atoms with van der Waals surface area (Å²) in [7, 11) is 1.49. The number of halogens is 1. The minimum absolute atomic E-state index is 0.0728. The molecule has 0 heterocycles. The summed E-state index contributed by atoms with van der Waals surface area (Å²) in [4.78, 5) is 0. The number of hydroxylamine groups is 1. The highest BCUT2D eigenvalue weighted by Crippen LogP contribution is 2.48. The first-order chi connectivity index (χ1) is 12.6. The highest BCUT2D eigenvalue weighted by molar-refractivity contribution is 5.76. The Balaban J connectivity index is 2.28. The van der Waals surface area contributed by atoms with Crippen LogP contribution in [-0.4, -0.2) is 12.3 Å². The zero-order valence-corrected chi connectivity index (χ0v) is 17.2. The fourth-order valence-corrected chi connectivity index (χ4v) is 4.26. The van der Waals surface area contributed by atoms with E-state index in [1.807, 2.05) is 6.07 Å². The number of nitrogens with one attached hydrogen (secondary N) is 1. The molecule has 0 amide bonds. The Morgan fingerprint density at radius 2 is 1.59 bits per heavy atom. The first-order valence-corrected chi connectivity index (χ1v) is 9.50. The monoisotopic (exact) mass is 371 g/mol. The van der Waals surface area contributed by atoms with Gasteiger partial charge in [0.25, 0.3) is 0 Å². The molecule has 2 aromatic carbocycles. The molecule has 1 aliphatic rings. The van der Waals surface area contributed by atoms with E-state index in [4.69, 9.17) is 9.94 Å². The number of rotatable bonds is 4. The van der Waals surface area contributed by atoms with E-state index in [0.717, 1.165) is 29.5 Å². The maximum Gasteiger partial charge on any atom is 0.166 e. The predicted molar refractivity (Wildman–Crippen MR) is 107 cm³/mol. The molecule has 0 saturated heterocycles. The first-order valence-electron chi connectivity index (χ1n) is 9.50. The fraction of sp³-hybridized carbons (Fsp3) is 0.478. The Hall–Kier alpha value is -1.91. The number of benzene rings is 2. The van der Waals surface area contributed by atoms with Gasteiger partial charge in [-0.15, -0.1) is 0 Å². The molecule has 0 aromatic heterocycles. The van der Waals surface area contributed by atoms with Crippen molar-refractivity contribution in [3.8, 4) is 16.9 Å². The van der Waals surface area contributed by atoms with Gasteiger partial charge in [0.05, 0.1) is 7.11 Å². The average Bonchev–Trinajstić information content (AvgIpc) is 2.59. The van der Waals surface area contributed by atoms with Gasteiger partial charge in [-0.05, 0) is 76.6 Å². The fourth-order valence-electron chi connectivity index (χ4n) is 4.26. The van der Waals surface area contributed by atoms with Crippen molar-refractivity contribution < 1.29 is 14.3 Å². The van der Waals surface area contributed by atoms with Gasteiger partial charge in [-0.1, -0.05) is 33.8 Å². The number of fused-ring (bicyclic) bond motifs is 1. The lowest BCUT2D eigenvalue weighted by molar-refractivity contribution is 0.161. The van der Waals surface area contributed by atoms with Crippen molar-refractivity contribution in [2.45, 2.75) is 64.8 Å². The summed E-state index contributed by atoms with van der Waals surface area (Å²) in [6, 6.07) is 7.77. The van der Waals surface area contributed by atoms with E-state index in [2.05, 4.69) is 52.2 Å². The summed E-state index contributed by atoms with van der Waals surface area (Å²) >= 11 is 0. The lowest BCUT2D eigenvalue weighted by Gasteiger charge is -2.42. The van der Waals surface area contributed by atoms with Crippen LogP contribution in [0, 0.1) is 12.7 Å². The van der Waals surface area contributed by atoms with Crippen molar-refractivity contribution in [2.75, 3.05) is 7.11 Å². The number of ether oxygens (including phenoxy) is 1. The number of methoxy groups -OCH3 is 1. The second-order valence-electron chi connectivity index (χ2n) is 8.97. The molecule has 0 saturated carbocycles. The lowest BCUT2D eigenvalue weighted by Crippen LogP contribution is -2.34. The van der Waals surface area contributed by atoms with Crippen LogP contribution in [0.5, 0.6) is 5.75 Å². The van der Waals surface area contributed by atoms with Gasteiger partial charge in [-0.3, -0.25) is 0 Å². The maximum absolute atomic E-state index is 14.6. The van der Waals surface area contributed by atoms with Crippen molar-refractivity contribution in [1.29, 1.82) is 0 Å². The number of hydrogen-bond acceptors (Lipinski definition) is 3. The molecular weight excluding hydrogens is 341 g/mol. The third kappa shape index (κ3) is 3.48. The van der Waals surface area contributed by atoms with Crippen LogP contribution in [0.15, 0.2) is 24.3 Å². The molecular formula is C23H30FNO2. The molecule has 4 heteroatoms. The van der Waals surface area contributed by atoms with Crippen molar-refractivity contribution in [3.63, 3.8) is 0 Å². The van der Waals surface area contributed by atoms with Gasteiger partial charge in [-0.25, -0.2) is 9.87 Å². The average molecular weight is 371 g/mol. The molecule has 0 aliphatic heterocycles. The minimum atomic E-state index is -0.419. The van der Waals surface area contributed by atoms with E-state index in [1.165, 1.54) is 24.3 Å². The Kier molecular flexibility index (Phi) is 5.08. The molecule has 2 N–H and O–H groups in total. The predicted octanol–water partition coefficient (Wildman–Crippen LogP) is 5.64. The zero-order chi connectivity index (χ0) is 20.0. The molecule has 0 unspecified atom stereocenters. The summed E-state index contributed by atoms with van der Waals surface area (Å²) in [6.45, 7) is 11.4. The van der Waals surface area contributed by atoms with Crippen LogP contribution in [0.3, 0.4) is 0 Å². The quantitative estimate of drug-likeness (QED) is 0.684. The SMILES string of the molecule is COc1c(F)cc(CNO)cc1-c1cc2c(cc1C)C(C)(C)CCC2(C)C. The third-order valence-electron chi connectivity index (χ3n) is 6.08. The highest BCUT2D eigenvalue weighted by Gasteiger charge is 2.37. The molecule has 3 nitrogen and oxygen atoms in total. The van der Waals surface area contributed by atoms with Crippen molar-refractivity contribution in [2.24, 2.45) is 0 Å². The summed E-state index contributed by atoms with van der Waals surface area (Å²) in [5, 5.41) is 9.03. The van der Waals surface area contributed by atoms with Gasteiger partial charge in [0.1, 0.15) is 0 Å². The standard InChI is InChI=1S/C23H30FNO2/c1-14-9-18-19(23(4,5)8-7-22(18,2)3)12-16(14)17-10-15(13-25-26)11-20(24)21(17)27-6/h9-12,25-26H,7-8,13H2,1-6H3. The maximum atomic E-state index is 14.6. The lowest BCUT2D eigenvalue weighted by atomic mass is 9.62. The van der Waals surface area contributed by atoms with Crippen LogP contribution in [0.4, 0.5) is 4.39 Å². The largest absolute Gasteiger partial charge is 0.493 e.